The van der Waals surface area contributed by atoms with Crippen LogP contribution < -0.4 is 0 Å². The van der Waals surface area contributed by atoms with E-state index in [1.54, 1.807) is 17.8 Å². The van der Waals surface area contributed by atoms with Crippen molar-refractivity contribution in [1.82, 2.24) is 9.78 Å². The van der Waals surface area contributed by atoms with Crippen LogP contribution in [0.1, 0.15) is 15.9 Å². The van der Waals surface area contributed by atoms with Gasteiger partial charge in [-0.1, -0.05) is 0 Å². The normalized spacial score (nSPS) is 10.9. The van der Waals surface area contributed by atoms with Crippen molar-refractivity contribution in [3.8, 4) is 10.6 Å². The summed E-state index contributed by atoms with van der Waals surface area (Å²) in [7, 11) is 1.71. The van der Waals surface area contributed by atoms with Crippen molar-refractivity contribution in [2.24, 2.45) is 7.05 Å². The third-order valence-corrected chi connectivity index (χ3v) is 4.35. The predicted octanol–water partition coefficient (Wildman–Crippen LogP) is 2.88. The Balaban J connectivity index is 2.51. The van der Waals surface area contributed by atoms with Crippen LogP contribution >= 0.6 is 23.1 Å². The van der Waals surface area contributed by atoms with Crippen LogP contribution in [0.5, 0.6) is 0 Å². The molecular formula is C12H12FN2O2S2. The van der Waals surface area contributed by atoms with E-state index >= 15 is 0 Å². The molecule has 2 aromatic heterocycles. The maximum absolute atomic E-state index is 12.3. The quantitative estimate of drug-likeness (QED) is 0.863. The molecule has 0 bridgehead atoms. The zero-order valence-corrected chi connectivity index (χ0v) is 12.1. The Morgan fingerprint density at radius 1 is 1.68 bits per heavy atom. The molecule has 19 heavy (non-hydrogen) atoms. The van der Waals surface area contributed by atoms with Gasteiger partial charge in [-0.15, -0.1) is 23.1 Å². The zero-order valence-electron chi connectivity index (χ0n) is 10.4. The molecule has 4 nitrogen and oxygen atoms in total. The number of halogens is 1. The minimum absolute atomic E-state index is 0.192. The van der Waals surface area contributed by atoms with Crippen molar-refractivity contribution in [2.45, 2.75) is 11.4 Å². The number of carboxylic acids is 1. The van der Waals surface area contributed by atoms with Gasteiger partial charge in [-0.25, -0.2) is 4.79 Å². The molecule has 1 N–H and O–H groups in total. The molecule has 0 saturated carbocycles. The van der Waals surface area contributed by atoms with E-state index in [1.807, 2.05) is 6.26 Å². The number of aromatic carboxylic acids is 1. The average molecular weight is 299 g/mol. The predicted molar refractivity (Wildman–Crippen MR) is 73.8 cm³/mol. The number of aromatic nitrogens is 2. The second kappa shape index (κ2) is 5.75. The number of nitrogens with zero attached hydrogens (tertiary/aromatic N) is 2. The smallest absolute Gasteiger partial charge is 0.340 e. The monoisotopic (exact) mass is 299 g/mol. The van der Waals surface area contributed by atoms with Gasteiger partial charge in [-0.3, -0.25) is 9.07 Å². The number of carbonyl (C=O) groups is 1. The first-order chi connectivity index (χ1) is 9.08. The molecule has 0 amide bonds. The van der Waals surface area contributed by atoms with Gasteiger partial charge in [-0.05, 0) is 17.9 Å². The Kier molecular flexibility index (Phi) is 4.26. The summed E-state index contributed by atoms with van der Waals surface area (Å²) < 4.78 is 13.8. The summed E-state index contributed by atoms with van der Waals surface area (Å²) in [5.74, 6) is -1.01. The standard InChI is InChI=1S/C12H12FN2O2S2/c1-15-11(18-2)9(12(16)17)10(14-15)8-5-7(3-4-13)6-19-8/h5H,3-4H2,1-2H3,(H,16,17). The third-order valence-electron chi connectivity index (χ3n) is 2.60. The van der Waals surface area contributed by atoms with Crippen LogP contribution in [0.25, 0.3) is 10.6 Å². The van der Waals surface area contributed by atoms with Gasteiger partial charge in [0.2, 0.25) is 0 Å². The number of aryl methyl sites for hydroxylation is 2. The fourth-order valence-corrected chi connectivity index (χ4v) is 3.32. The topological polar surface area (TPSA) is 55.1 Å². The highest BCUT2D eigenvalue weighted by atomic mass is 32.2. The number of alkyl halides is 1. The molecule has 1 radical (unpaired) electrons. The van der Waals surface area contributed by atoms with E-state index in [9.17, 15) is 14.3 Å². The fourth-order valence-electron chi connectivity index (χ4n) is 1.79. The van der Waals surface area contributed by atoms with E-state index < -0.39 is 12.6 Å². The van der Waals surface area contributed by atoms with Crippen LogP contribution in [0.2, 0.25) is 0 Å². The van der Waals surface area contributed by atoms with Gasteiger partial charge in [0.25, 0.3) is 0 Å². The second-order valence-electron chi connectivity index (χ2n) is 3.84. The van der Waals surface area contributed by atoms with E-state index in [0.29, 0.717) is 22.0 Å². The molecule has 0 aliphatic heterocycles. The molecule has 2 aromatic rings. The number of thiophene rings is 1. The average Bonchev–Trinajstić information content (AvgIpc) is 2.93. The Morgan fingerprint density at radius 3 is 3.00 bits per heavy atom. The van der Waals surface area contributed by atoms with Crippen LogP contribution in [-0.4, -0.2) is 33.8 Å². The molecule has 0 saturated heterocycles. The summed E-state index contributed by atoms with van der Waals surface area (Å²) in [5, 5.41) is 17.2. The lowest BCUT2D eigenvalue weighted by Crippen LogP contribution is -1.99. The molecule has 2 heterocycles. The van der Waals surface area contributed by atoms with Gasteiger partial charge in [-0.2, -0.15) is 5.10 Å². The molecule has 2 rings (SSSR count). The Morgan fingerprint density at radius 2 is 2.42 bits per heavy atom. The number of hydrogen-bond donors (Lipinski definition) is 1. The Labute approximate surface area is 118 Å². The van der Waals surface area contributed by atoms with Crippen molar-refractivity contribution in [3.63, 3.8) is 0 Å². The van der Waals surface area contributed by atoms with Crippen molar-refractivity contribution in [3.05, 3.63) is 22.6 Å². The first-order valence-electron chi connectivity index (χ1n) is 5.49. The maximum atomic E-state index is 12.3. The summed E-state index contributed by atoms with van der Waals surface area (Å²) in [4.78, 5) is 12.1. The van der Waals surface area contributed by atoms with E-state index in [-0.39, 0.29) is 5.56 Å². The lowest BCUT2D eigenvalue weighted by atomic mass is 10.2. The van der Waals surface area contributed by atoms with Crippen LogP contribution in [0.4, 0.5) is 4.39 Å². The molecule has 0 aliphatic carbocycles. The highest BCUT2D eigenvalue weighted by Gasteiger charge is 2.23. The van der Waals surface area contributed by atoms with Crippen LogP contribution in [0, 0.1) is 5.38 Å². The molecule has 101 valence electrons. The van der Waals surface area contributed by atoms with Gasteiger partial charge in [0.15, 0.2) is 0 Å². The molecule has 7 heteroatoms. The number of hydrogen-bond acceptors (Lipinski definition) is 4. The minimum atomic E-state index is -1.01. The first kappa shape index (κ1) is 14.1. The van der Waals surface area contributed by atoms with Crippen LogP contribution in [-0.2, 0) is 13.5 Å². The van der Waals surface area contributed by atoms with Crippen molar-refractivity contribution in [1.29, 1.82) is 0 Å². The van der Waals surface area contributed by atoms with Gasteiger partial charge in [0, 0.05) is 18.8 Å². The second-order valence-corrected chi connectivity index (χ2v) is 5.48. The zero-order chi connectivity index (χ0) is 14.0. The summed E-state index contributed by atoms with van der Waals surface area (Å²) in [6.45, 7) is -0.448. The van der Waals surface area contributed by atoms with Gasteiger partial charge >= 0.3 is 5.97 Å². The van der Waals surface area contributed by atoms with E-state index in [2.05, 4.69) is 10.5 Å². The first-order valence-corrected chi connectivity index (χ1v) is 7.53. The van der Waals surface area contributed by atoms with Crippen molar-refractivity contribution >= 4 is 29.1 Å². The number of rotatable bonds is 5. The van der Waals surface area contributed by atoms with Gasteiger partial charge in [0.05, 0.1) is 11.6 Å². The summed E-state index contributed by atoms with van der Waals surface area (Å²) >= 11 is 2.60. The van der Waals surface area contributed by atoms with Gasteiger partial charge in [0.1, 0.15) is 16.3 Å². The van der Waals surface area contributed by atoms with Gasteiger partial charge < -0.3 is 5.11 Å². The van der Waals surface area contributed by atoms with E-state index in [1.165, 1.54) is 23.1 Å². The number of thioether (sulfide) groups is 1. The van der Waals surface area contributed by atoms with E-state index in [0.717, 1.165) is 5.56 Å². The highest BCUT2D eigenvalue weighted by Crippen LogP contribution is 2.33. The Bertz CT molecular complexity index is 607. The Hall–Kier alpha value is -1.34. The lowest BCUT2D eigenvalue weighted by molar-refractivity contribution is 0.0693. The van der Waals surface area contributed by atoms with E-state index in [4.69, 9.17) is 0 Å². The number of carboxylic acid groups (broad SMARTS) is 1. The molecule has 0 aromatic carbocycles. The molecule has 0 unspecified atom stereocenters. The van der Waals surface area contributed by atoms with Crippen LogP contribution in [0.3, 0.4) is 0 Å². The minimum Gasteiger partial charge on any atom is -0.478 e. The molecule has 0 spiro atoms. The maximum Gasteiger partial charge on any atom is 0.340 e. The largest absolute Gasteiger partial charge is 0.478 e. The molecule has 0 aliphatic rings. The summed E-state index contributed by atoms with van der Waals surface area (Å²) in [5.41, 5.74) is 1.36. The highest BCUT2D eigenvalue weighted by molar-refractivity contribution is 7.98. The lowest BCUT2D eigenvalue weighted by Gasteiger charge is -1.98. The summed E-state index contributed by atoms with van der Waals surface area (Å²) in [6, 6.07) is 1.75. The third kappa shape index (κ3) is 2.66. The molecular weight excluding hydrogens is 287 g/mol. The molecule has 0 fully saturated rings. The van der Waals surface area contributed by atoms with Crippen molar-refractivity contribution in [2.75, 3.05) is 12.9 Å². The summed E-state index contributed by atoms with van der Waals surface area (Å²) in [6.07, 6.45) is 2.10. The molecule has 0 atom stereocenters. The fraction of sp³-hybridized carbons (Fsp3) is 0.333. The SMILES string of the molecule is CSc1c(C(=O)O)c(-c2cc(CCF)[c]s2)nn1C. The van der Waals surface area contributed by atoms with Crippen LogP contribution in [0.15, 0.2) is 11.1 Å². The van der Waals surface area contributed by atoms with Crippen molar-refractivity contribution < 1.29 is 14.3 Å².